The van der Waals surface area contributed by atoms with E-state index in [9.17, 15) is 19.5 Å². The highest BCUT2D eigenvalue weighted by atomic mass is 16.4. The van der Waals surface area contributed by atoms with Crippen molar-refractivity contribution < 1.29 is 24.6 Å². The third-order valence-corrected chi connectivity index (χ3v) is 3.67. The molecule has 1 aromatic carbocycles. The highest BCUT2D eigenvalue weighted by Crippen LogP contribution is 2.13. The van der Waals surface area contributed by atoms with Crippen molar-refractivity contribution in [3.63, 3.8) is 0 Å². The molecule has 0 heterocycles. The first-order valence-corrected chi connectivity index (χ1v) is 7.87. The van der Waals surface area contributed by atoms with E-state index in [-0.39, 0.29) is 25.8 Å². The molecule has 0 aliphatic rings. The first-order valence-electron chi connectivity index (χ1n) is 7.87. The van der Waals surface area contributed by atoms with E-state index in [0.29, 0.717) is 6.42 Å². The monoisotopic (exact) mass is 336 g/mol. The van der Waals surface area contributed by atoms with Crippen LogP contribution in [0.3, 0.4) is 0 Å². The molecule has 7 heteroatoms. The molecule has 0 spiro atoms. The van der Waals surface area contributed by atoms with Gasteiger partial charge in [-0.05, 0) is 31.7 Å². The molecular formula is C17H24N2O5. The summed E-state index contributed by atoms with van der Waals surface area (Å²) in [5.41, 5.74) is 6.59. The summed E-state index contributed by atoms with van der Waals surface area (Å²) in [6.07, 6.45) is 0.793. The standard InChI is InChI=1S/C17H24N2O5/c1-12(18)16(22)19(11-5-8-15(20)21)14(17(23)24)10-9-13-6-3-2-4-7-13/h2-4,6-7,12,14H,5,8-11,18H2,1H3,(H,20,21)(H,23,24)/t12-,14?/m0/s1. The summed E-state index contributed by atoms with van der Waals surface area (Å²) in [7, 11) is 0. The van der Waals surface area contributed by atoms with E-state index in [2.05, 4.69) is 0 Å². The average molecular weight is 336 g/mol. The number of rotatable bonds is 10. The number of aryl methyl sites for hydroxylation is 1. The second-order valence-corrected chi connectivity index (χ2v) is 5.70. The summed E-state index contributed by atoms with van der Waals surface area (Å²) in [5.74, 6) is -2.59. The topological polar surface area (TPSA) is 121 Å². The number of hydrogen-bond donors (Lipinski definition) is 3. The summed E-state index contributed by atoms with van der Waals surface area (Å²) in [6.45, 7) is 1.54. The summed E-state index contributed by atoms with van der Waals surface area (Å²) in [6, 6.07) is 7.51. The largest absolute Gasteiger partial charge is 0.481 e. The third kappa shape index (κ3) is 6.37. The Balaban J connectivity index is 2.84. The number of carbonyl (C=O) groups excluding carboxylic acids is 1. The second-order valence-electron chi connectivity index (χ2n) is 5.70. The van der Waals surface area contributed by atoms with E-state index in [4.69, 9.17) is 10.8 Å². The number of amides is 1. The smallest absolute Gasteiger partial charge is 0.326 e. The van der Waals surface area contributed by atoms with Crippen molar-refractivity contribution in [1.29, 1.82) is 0 Å². The van der Waals surface area contributed by atoms with Crippen LogP contribution in [0.5, 0.6) is 0 Å². The first kappa shape index (κ1) is 19.6. The van der Waals surface area contributed by atoms with Gasteiger partial charge in [0.2, 0.25) is 5.91 Å². The number of carboxylic acid groups (broad SMARTS) is 2. The quantitative estimate of drug-likeness (QED) is 0.588. The van der Waals surface area contributed by atoms with Crippen LogP contribution in [0, 0.1) is 0 Å². The third-order valence-electron chi connectivity index (χ3n) is 3.67. The molecule has 24 heavy (non-hydrogen) atoms. The Morgan fingerprint density at radius 2 is 1.79 bits per heavy atom. The summed E-state index contributed by atoms with van der Waals surface area (Å²) >= 11 is 0. The lowest BCUT2D eigenvalue weighted by Crippen LogP contribution is -2.51. The fourth-order valence-electron chi connectivity index (χ4n) is 2.44. The maximum atomic E-state index is 12.3. The lowest BCUT2D eigenvalue weighted by atomic mass is 10.0. The van der Waals surface area contributed by atoms with Crippen LogP contribution in [-0.4, -0.2) is 51.6 Å². The fourth-order valence-corrected chi connectivity index (χ4v) is 2.44. The van der Waals surface area contributed by atoms with Gasteiger partial charge in [-0.25, -0.2) is 4.79 Å². The van der Waals surface area contributed by atoms with Crippen LogP contribution in [0.25, 0.3) is 0 Å². The zero-order chi connectivity index (χ0) is 18.1. The number of aliphatic carboxylic acids is 2. The van der Waals surface area contributed by atoms with Gasteiger partial charge in [-0.2, -0.15) is 0 Å². The lowest BCUT2D eigenvalue weighted by Gasteiger charge is -2.30. The molecule has 0 saturated carbocycles. The molecule has 1 unspecified atom stereocenters. The Morgan fingerprint density at radius 3 is 2.29 bits per heavy atom. The maximum absolute atomic E-state index is 12.3. The van der Waals surface area contributed by atoms with Gasteiger partial charge in [-0.15, -0.1) is 0 Å². The normalized spacial score (nSPS) is 13.1. The number of nitrogens with two attached hydrogens (primary N) is 1. The van der Waals surface area contributed by atoms with Crippen LogP contribution in [0.1, 0.15) is 31.7 Å². The van der Waals surface area contributed by atoms with Crippen molar-refractivity contribution in [2.24, 2.45) is 5.73 Å². The first-order chi connectivity index (χ1) is 11.3. The van der Waals surface area contributed by atoms with Crippen LogP contribution in [0.15, 0.2) is 30.3 Å². The minimum atomic E-state index is -1.12. The van der Waals surface area contributed by atoms with Gasteiger partial charge < -0.3 is 20.8 Å². The van der Waals surface area contributed by atoms with Gasteiger partial charge >= 0.3 is 11.9 Å². The Kier molecular flexibility index (Phi) is 7.91. The maximum Gasteiger partial charge on any atom is 0.326 e. The predicted molar refractivity (Wildman–Crippen MR) is 88.4 cm³/mol. The van der Waals surface area contributed by atoms with Crippen molar-refractivity contribution in [2.75, 3.05) is 6.54 Å². The SMILES string of the molecule is C[C@H](N)C(=O)N(CCCC(=O)O)C(CCc1ccccc1)C(=O)O. The number of carboxylic acids is 2. The minimum absolute atomic E-state index is 0.0540. The van der Waals surface area contributed by atoms with Crippen LogP contribution in [0.4, 0.5) is 0 Å². The van der Waals surface area contributed by atoms with Gasteiger partial charge in [0.25, 0.3) is 0 Å². The molecule has 7 nitrogen and oxygen atoms in total. The molecule has 1 rings (SSSR count). The highest BCUT2D eigenvalue weighted by molar-refractivity contribution is 5.86. The number of carbonyl (C=O) groups is 3. The van der Waals surface area contributed by atoms with Gasteiger partial charge in [0.15, 0.2) is 0 Å². The van der Waals surface area contributed by atoms with Crippen LogP contribution in [0.2, 0.25) is 0 Å². The van der Waals surface area contributed by atoms with Crippen LogP contribution < -0.4 is 5.73 Å². The Labute approximate surface area is 141 Å². The van der Waals surface area contributed by atoms with Crippen molar-refractivity contribution in [3.8, 4) is 0 Å². The number of benzene rings is 1. The van der Waals surface area contributed by atoms with Gasteiger partial charge in [0.1, 0.15) is 6.04 Å². The Hall–Kier alpha value is -2.41. The Morgan fingerprint density at radius 1 is 1.17 bits per heavy atom. The number of hydrogen-bond acceptors (Lipinski definition) is 4. The van der Waals surface area contributed by atoms with Gasteiger partial charge in [0, 0.05) is 13.0 Å². The molecule has 0 aliphatic heterocycles. The van der Waals surface area contributed by atoms with Crippen molar-refractivity contribution in [1.82, 2.24) is 4.90 Å². The molecule has 132 valence electrons. The van der Waals surface area contributed by atoms with Gasteiger partial charge in [-0.3, -0.25) is 9.59 Å². The molecular weight excluding hydrogens is 312 g/mol. The second kappa shape index (κ2) is 9.67. The molecule has 2 atom stereocenters. The molecule has 0 radical (unpaired) electrons. The molecule has 1 aromatic rings. The predicted octanol–water partition coefficient (Wildman–Crippen LogP) is 1.11. The Bertz CT molecular complexity index is 559. The van der Waals surface area contributed by atoms with E-state index in [0.717, 1.165) is 5.56 Å². The molecule has 0 aromatic heterocycles. The summed E-state index contributed by atoms with van der Waals surface area (Å²) < 4.78 is 0. The fraction of sp³-hybridized carbons (Fsp3) is 0.471. The summed E-state index contributed by atoms with van der Waals surface area (Å²) in [4.78, 5) is 35.7. The molecule has 0 aliphatic carbocycles. The molecule has 4 N–H and O–H groups in total. The average Bonchev–Trinajstić information content (AvgIpc) is 2.53. The molecule has 0 bridgehead atoms. The van der Waals surface area contributed by atoms with E-state index >= 15 is 0 Å². The zero-order valence-electron chi connectivity index (χ0n) is 13.7. The van der Waals surface area contributed by atoms with E-state index < -0.39 is 29.9 Å². The van der Waals surface area contributed by atoms with E-state index in [1.807, 2.05) is 30.3 Å². The van der Waals surface area contributed by atoms with Crippen LogP contribution in [-0.2, 0) is 20.8 Å². The van der Waals surface area contributed by atoms with Crippen LogP contribution >= 0.6 is 0 Å². The van der Waals surface area contributed by atoms with E-state index in [1.54, 1.807) is 0 Å². The highest BCUT2D eigenvalue weighted by Gasteiger charge is 2.30. The molecule has 0 fully saturated rings. The van der Waals surface area contributed by atoms with Gasteiger partial charge in [-0.1, -0.05) is 30.3 Å². The van der Waals surface area contributed by atoms with E-state index in [1.165, 1.54) is 11.8 Å². The summed E-state index contributed by atoms with van der Waals surface area (Å²) in [5, 5.41) is 18.2. The zero-order valence-corrected chi connectivity index (χ0v) is 13.7. The van der Waals surface area contributed by atoms with Gasteiger partial charge in [0.05, 0.1) is 6.04 Å². The van der Waals surface area contributed by atoms with Crippen molar-refractivity contribution in [3.05, 3.63) is 35.9 Å². The number of nitrogens with zero attached hydrogens (tertiary/aromatic N) is 1. The minimum Gasteiger partial charge on any atom is -0.481 e. The molecule has 0 saturated heterocycles. The lowest BCUT2D eigenvalue weighted by molar-refractivity contribution is -0.151. The van der Waals surface area contributed by atoms with Crippen molar-refractivity contribution in [2.45, 2.75) is 44.7 Å². The van der Waals surface area contributed by atoms with Crippen molar-refractivity contribution >= 4 is 17.8 Å². The molecule has 1 amide bonds.